The van der Waals surface area contributed by atoms with E-state index < -0.39 is 6.09 Å². The molecule has 0 saturated carbocycles. The van der Waals surface area contributed by atoms with Crippen LogP contribution in [0, 0.1) is 3.57 Å². The average molecular weight is 343 g/mol. The van der Waals surface area contributed by atoms with Gasteiger partial charge in [-0.05, 0) is 47.2 Å². The van der Waals surface area contributed by atoms with Gasteiger partial charge in [-0.2, -0.15) is 0 Å². The molecule has 0 bridgehead atoms. The van der Waals surface area contributed by atoms with E-state index in [9.17, 15) is 4.79 Å². The van der Waals surface area contributed by atoms with E-state index in [1.54, 1.807) is 0 Å². The zero-order chi connectivity index (χ0) is 12.0. The number of hydrogen-bond acceptors (Lipinski definition) is 2. The van der Waals surface area contributed by atoms with Crippen molar-refractivity contribution in [1.82, 2.24) is 4.90 Å². The van der Waals surface area contributed by atoms with E-state index in [0.29, 0.717) is 13.1 Å². The number of rotatable bonds is 0. The second-order valence-electron chi connectivity index (χ2n) is 4.10. The Balaban J connectivity index is 2.09. The molecule has 0 spiro atoms. The monoisotopic (exact) mass is 343 g/mol. The lowest BCUT2D eigenvalue weighted by Gasteiger charge is -2.22. The lowest BCUT2D eigenvalue weighted by molar-refractivity contribution is 0.135. The Bertz CT molecular complexity index is 605. The summed E-state index contributed by atoms with van der Waals surface area (Å²) in [6, 6.07) is 6.08. The summed E-state index contributed by atoms with van der Waals surface area (Å²) < 4.78 is 6.86. The number of benzene rings is 1. The van der Waals surface area contributed by atoms with Crippen molar-refractivity contribution in [2.45, 2.75) is 13.0 Å². The summed E-state index contributed by atoms with van der Waals surface area (Å²) >= 11 is 2.24. The Morgan fingerprint density at radius 2 is 2.29 bits per heavy atom. The van der Waals surface area contributed by atoms with Gasteiger partial charge in [-0.3, -0.25) is 0 Å². The first-order valence-electron chi connectivity index (χ1n) is 5.33. The van der Waals surface area contributed by atoms with Crippen molar-refractivity contribution in [2.75, 3.05) is 6.54 Å². The zero-order valence-corrected chi connectivity index (χ0v) is 11.1. The number of carbonyl (C=O) groups is 1. The molecule has 1 amide bonds. The number of nitrogens with zero attached hydrogens (tertiary/aromatic N) is 1. The van der Waals surface area contributed by atoms with Gasteiger partial charge in [-0.25, -0.2) is 4.79 Å². The first-order chi connectivity index (χ1) is 8.15. The fourth-order valence-electron chi connectivity index (χ4n) is 2.24. The second kappa shape index (κ2) is 3.90. The Morgan fingerprint density at radius 1 is 1.47 bits per heavy atom. The molecular weight excluding hydrogens is 333 g/mol. The average Bonchev–Trinajstić information content (AvgIpc) is 2.64. The zero-order valence-electron chi connectivity index (χ0n) is 8.94. The van der Waals surface area contributed by atoms with Crippen LogP contribution in [0.25, 0.3) is 11.0 Å². The molecule has 1 N–H and O–H groups in total. The predicted octanol–water partition coefficient (Wildman–Crippen LogP) is 3.07. The Morgan fingerprint density at radius 3 is 3.06 bits per heavy atom. The van der Waals surface area contributed by atoms with Gasteiger partial charge in [0.05, 0.1) is 6.54 Å². The summed E-state index contributed by atoms with van der Waals surface area (Å²) in [6.45, 7) is 0.902. The maximum absolute atomic E-state index is 10.9. The minimum absolute atomic E-state index is 0.357. The maximum atomic E-state index is 10.9. The standard InChI is InChI=1S/C12H10INO3/c13-7-1-2-8-9-3-4-14(12(15)16)6-11(9)17-10(8)5-7/h1-2,5H,3-4,6H2,(H,15,16). The minimum atomic E-state index is -0.884. The predicted molar refractivity (Wildman–Crippen MR) is 71.1 cm³/mol. The first-order valence-corrected chi connectivity index (χ1v) is 6.40. The Hall–Kier alpha value is -1.24. The van der Waals surface area contributed by atoms with Crippen molar-refractivity contribution in [3.05, 3.63) is 33.1 Å². The van der Waals surface area contributed by atoms with Crippen LogP contribution in [-0.4, -0.2) is 22.6 Å². The first kappa shape index (κ1) is 10.9. The summed E-state index contributed by atoms with van der Waals surface area (Å²) in [7, 11) is 0. The highest BCUT2D eigenvalue weighted by atomic mass is 127. The maximum Gasteiger partial charge on any atom is 0.407 e. The molecule has 17 heavy (non-hydrogen) atoms. The number of halogens is 1. The normalized spacial score (nSPS) is 15.0. The van der Waals surface area contributed by atoms with Gasteiger partial charge in [0, 0.05) is 21.1 Å². The summed E-state index contributed by atoms with van der Waals surface area (Å²) in [5, 5.41) is 10.1. The quantitative estimate of drug-likeness (QED) is 0.748. The van der Waals surface area contributed by atoms with Crippen molar-refractivity contribution in [2.24, 2.45) is 0 Å². The van der Waals surface area contributed by atoms with E-state index in [1.807, 2.05) is 12.1 Å². The number of fused-ring (bicyclic) bond motifs is 3. The van der Waals surface area contributed by atoms with Crippen molar-refractivity contribution >= 4 is 39.7 Å². The Kier molecular flexibility index (Phi) is 2.50. The van der Waals surface area contributed by atoms with Gasteiger partial charge in [0.25, 0.3) is 0 Å². The molecule has 3 rings (SSSR count). The smallest absolute Gasteiger partial charge is 0.407 e. The molecule has 88 valence electrons. The highest BCUT2D eigenvalue weighted by Gasteiger charge is 2.25. The lowest BCUT2D eigenvalue weighted by Crippen LogP contribution is -2.34. The molecule has 0 fully saturated rings. The fraction of sp³-hybridized carbons (Fsp3) is 0.250. The van der Waals surface area contributed by atoms with Crippen LogP contribution in [-0.2, 0) is 13.0 Å². The van der Waals surface area contributed by atoms with Crippen LogP contribution in [0.1, 0.15) is 11.3 Å². The summed E-state index contributed by atoms with van der Waals surface area (Å²) in [5.41, 5.74) is 2.02. The molecule has 0 aliphatic carbocycles. The van der Waals surface area contributed by atoms with Crippen LogP contribution in [0.5, 0.6) is 0 Å². The molecule has 1 aliphatic heterocycles. The molecule has 4 nitrogen and oxygen atoms in total. The minimum Gasteiger partial charge on any atom is -0.465 e. The van der Waals surface area contributed by atoms with Crippen LogP contribution in [0.2, 0.25) is 0 Å². The third kappa shape index (κ3) is 1.78. The van der Waals surface area contributed by atoms with Gasteiger partial charge in [0.1, 0.15) is 11.3 Å². The van der Waals surface area contributed by atoms with Gasteiger partial charge in [0.2, 0.25) is 0 Å². The van der Waals surface area contributed by atoms with Crippen molar-refractivity contribution in [1.29, 1.82) is 0 Å². The molecule has 1 aliphatic rings. The lowest BCUT2D eigenvalue weighted by atomic mass is 10.0. The van der Waals surface area contributed by atoms with E-state index in [-0.39, 0.29) is 0 Å². The fourth-order valence-corrected chi connectivity index (χ4v) is 2.70. The highest BCUT2D eigenvalue weighted by molar-refractivity contribution is 14.1. The van der Waals surface area contributed by atoms with Crippen LogP contribution in [0.4, 0.5) is 4.79 Å². The summed E-state index contributed by atoms with van der Waals surface area (Å²) in [4.78, 5) is 12.3. The second-order valence-corrected chi connectivity index (χ2v) is 5.34. The highest BCUT2D eigenvalue weighted by Crippen LogP contribution is 2.31. The van der Waals surface area contributed by atoms with E-state index in [2.05, 4.69) is 28.7 Å². The number of furan rings is 1. The van der Waals surface area contributed by atoms with E-state index >= 15 is 0 Å². The number of carboxylic acid groups (broad SMARTS) is 1. The molecule has 0 radical (unpaired) electrons. The van der Waals surface area contributed by atoms with Gasteiger partial charge in [-0.1, -0.05) is 0 Å². The van der Waals surface area contributed by atoms with Gasteiger partial charge in [-0.15, -0.1) is 0 Å². The third-order valence-electron chi connectivity index (χ3n) is 3.08. The van der Waals surface area contributed by atoms with Crippen molar-refractivity contribution in [3.63, 3.8) is 0 Å². The van der Waals surface area contributed by atoms with Gasteiger partial charge < -0.3 is 14.4 Å². The topological polar surface area (TPSA) is 53.7 Å². The molecule has 0 unspecified atom stereocenters. The Labute approximate surface area is 111 Å². The van der Waals surface area contributed by atoms with Gasteiger partial charge in [0.15, 0.2) is 0 Å². The van der Waals surface area contributed by atoms with E-state index in [4.69, 9.17) is 9.52 Å². The van der Waals surface area contributed by atoms with E-state index in [0.717, 1.165) is 32.3 Å². The largest absolute Gasteiger partial charge is 0.465 e. The SMILES string of the molecule is O=C(O)N1CCc2c(oc3cc(I)ccc23)C1. The van der Waals surface area contributed by atoms with Crippen LogP contribution in [0.3, 0.4) is 0 Å². The van der Waals surface area contributed by atoms with Gasteiger partial charge >= 0.3 is 6.09 Å². The molecule has 0 saturated heterocycles. The third-order valence-corrected chi connectivity index (χ3v) is 3.75. The molecule has 1 aromatic carbocycles. The van der Waals surface area contributed by atoms with Crippen LogP contribution in [0.15, 0.2) is 22.6 Å². The molecule has 0 atom stereocenters. The molecule has 1 aromatic heterocycles. The molecular formula is C12H10INO3. The molecule has 2 heterocycles. The van der Waals surface area contributed by atoms with Crippen molar-refractivity contribution < 1.29 is 14.3 Å². The van der Waals surface area contributed by atoms with Crippen LogP contribution >= 0.6 is 22.6 Å². The summed E-state index contributed by atoms with van der Waals surface area (Å²) in [6.07, 6.45) is -0.152. The molecule has 5 heteroatoms. The van der Waals surface area contributed by atoms with Crippen molar-refractivity contribution in [3.8, 4) is 0 Å². The van der Waals surface area contributed by atoms with Crippen LogP contribution < -0.4 is 0 Å². The van der Waals surface area contributed by atoms with E-state index in [1.165, 1.54) is 4.90 Å². The number of hydrogen-bond donors (Lipinski definition) is 1. The number of amides is 1. The summed E-state index contributed by atoms with van der Waals surface area (Å²) in [5.74, 6) is 0.788. The molecule has 2 aromatic rings.